The number of amides is 1. The van der Waals surface area contributed by atoms with Crippen LogP contribution in [0.25, 0.3) is 5.76 Å². The van der Waals surface area contributed by atoms with Gasteiger partial charge < -0.3 is 23.9 Å². The zero-order chi connectivity index (χ0) is 26.6. The summed E-state index contributed by atoms with van der Waals surface area (Å²) in [4.78, 5) is 27.9. The molecule has 0 bridgehead atoms. The van der Waals surface area contributed by atoms with E-state index in [1.54, 1.807) is 42.5 Å². The molecule has 1 fully saturated rings. The minimum atomic E-state index is -0.863. The van der Waals surface area contributed by atoms with E-state index < -0.39 is 17.7 Å². The number of nitrogens with zero attached hydrogens (tertiary/aromatic N) is 1. The van der Waals surface area contributed by atoms with Gasteiger partial charge >= 0.3 is 0 Å². The fraction of sp³-hybridized carbons (Fsp3) is 0.161. The molecule has 1 N–H and O–H groups in total. The second-order valence-electron chi connectivity index (χ2n) is 9.06. The summed E-state index contributed by atoms with van der Waals surface area (Å²) in [6.07, 6.45) is 1.51. The Morgan fingerprint density at radius 3 is 2.39 bits per heavy atom. The molecule has 0 spiro atoms. The fourth-order valence-corrected chi connectivity index (χ4v) is 4.54. The maximum atomic E-state index is 13.3. The van der Waals surface area contributed by atoms with Crippen molar-refractivity contribution in [3.8, 4) is 11.5 Å². The van der Waals surface area contributed by atoms with Crippen molar-refractivity contribution in [1.82, 2.24) is 4.90 Å². The molecule has 3 aromatic carbocycles. The van der Waals surface area contributed by atoms with Crippen molar-refractivity contribution in [1.29, 1.82) is 0 Å². The summed E-state index contributed by atoms with van der Waals surface area (Å²) >= 11 is 0. The molecule has 0 saturated carbocycles. The van der Waals surface area contributed by atoms with E-state index >= 15 is 0 Å². The molecule has 7 nitrogen and oxygen atoms in total. The van der Waals surface area contributed by atoms with E-state index in [-0.39, 0.29) is 17.9 Å². The van der Waals surface area contributed by atoms with Gasteiger partial charge in [0, 0.05) is 5.56 Å². The van der Waals surface area contributed by atoms with E-state index in [1.165, 1.54) is 18.3 Å². The number of methoxy groups -OCH3 is 1. The second-order valence-corrected chi connectivity index (χ2v) is 9.06. The highest BCUT2D eigenvalue weighted by Crippen LogP contribution is 2.42. The number of rotatable bonds is 8. The summed E-state index contributed by atoms with van der Waals surface area (Å²) in [5.74, 6) is -0.244. The number of hydrogen-bond acceptors (Lipinski definition) is 6. The zero-order valence-electron chi connectivity index (χ0n) is 21.1. The van der Waals surface area contributed by atoms with Gasteiger partial charge in [-0.25, -0.2) is 0 Å². The molecule has 1 aromatic heterocycles. The molecular weight excluding hydrogens is 482 g/mol. The third-order valence-corrected chi connectivity index (χ3v) is 6.51. The quantitative estimate of drug-likeness (QED) is 0.184. The van der Waals surface area contributed by atoms with E-state index in [4.69, 9.17) is 13.9 Å². The van der Waals surface area contributed by atoms with Crippen LogP contribution in [0.15, 0.2) is 101 Å². The summed E-state index contributed by atoms with van der Waals surface area (Å²) in [5, 5.41) is 11.3. The molecule has 192 valence electrons. The Morgan fingerprint density at radius 2 is 1.71 bits per heavy atom. The van der Waals surface area contributed by atoms with Crippen molar-refractivity contribution in [3.63, 3.8) is 0 Å². The molecule has 4 aromatic rings. The number of carbonyl (C=O) groups is 2. The summed E-state index contributed by atoms with van der Waals surface area (Å²) in [7, 11) is 1.53. The summed E-state index contributed by atoms with van der Waals surface area (Å²) in [6.45, 7) is 2.34. The number of ketones is 1. The first-order chi connectivity index (χ1) is 18.5. The number of aliphatic hydroxyl groups is 1. The second kappa shape index (κ2) is 10.7. The molecule has 1 saturated heterocycles. The summed E-state index contributed by atoms with van der Waals surface area (Å²) in [6, 6.07) is 24.7. The van der Waals surface area contributed by atoms with E-state index in [1.807, 2.05) is 49.4 Å². The number of likely N-dealkylation sites (tertiary alicyclic amines) is 1. The Balaban J connectivity index is 1.56. The van der Waals surface area contributed by atoms with Crippen LogP contribution in [-0.4, -0.2) is 28.8 Å². The lowest BCUT2D eigenvalue weighted by molar-refractivity contribution is -0.140. The van der Waals surface area contributed by atoms with Gasteiger partial charge in [-0.3, -0.25) is 9.59 Å². The van der Waals surface area contributed by atoms with Gasteiger partial charge in [0.25, 0.3) is 11.7 Å². The zero-order valence-corrected chi connectivity index (χ0v) is 21.1. The average molecular weight is 510 g/mol. The predicted molar refractivity (Wildman–Crippen MR) is 142 cm³/mol. The van der Waals surface area contributed by atoms with Crippen molar-refractivity contribution in [2.75, 3.05) is 7.11 Å². The van der Waals surface area contributed by atoms with Crippen LogP contribution in [0.1, 0.15) is 34.1 Å². The van der Waals surface area contributed by atoms with Crippen LogP contribution in [0.2, 0.25) is 0 Å². The van der Waals surface area contributed by atoms with Crippen LogP contribution in [0.3, 0.4) is 0 Å². The third-order valence-electron chi connectivity index (χ3n) is 6.51. The number of aliphatic hydroxyl groups excluding tert-OH is 1. The van der Waals surface area contributed by atoms with Crippen LogP contribution in [0.5, 0.6) is 11.5 Å². The number of furan rings is 1. The van der Waals surface area contributed by atoms with Gasteiger partial charge in [-0.05, 0) is 42.3 Å². The summed E-state index contributed by atoms with van der Waals surface area (Å²) < 4.78 is 17.1. The minimum Gasteiger partial charge on any atom is -0.507 e. The Labute approximate surface area is 220 Å². The number of carbonyl (C=O) groups excluding carboxylic acids is 2. The molecule has 1 aliphatic heterocycles. The highest BCUT2D eigenvalue weighted by atomic mass is 16.5. The van der Waals surface area contributed by atoms with E-state index in [0.717, 1.165) is 11.1 Å². The van der Waals surface area contributed by atoms with Gasteiger partial charge in [0.05, 0.1) is 31.5 Å². The molecule has 1 aliphatic rings. The Hall–Kier alpha value is -4.78. The lowest BCUT2D eigenvalue weighted by atomic mass is 9.94. The van der Waals surface area contributed by atoms with Crippen molar-refractivity contribution < 1.29 is 28.6 Å². The van der Waals surface area contributed by atoms with Gasteiger partial charge in [0.15, 0.2) is 11.5 Å². The lowest BCUT2D eigenvalue weighted by Crippen LogP contribution is -2.29. The smallest absolute Gasteiger partial charge is 0.296 e. The first-order valence-electron chi connectivity index (χ1n) is 12.2. The number of ether oxygens (including phenoxy) is 2. The lowest BCUT2D eigenvalue weighted by Gasteiger charge is -2.25. The molecule has 1 unspecified atom stereocenters. The standard InChI is InChI=1S/C31H27NO6/c1-20-10-12-22(13-11-20)29(33)27-28(32(31(35)30(27)34)18-24-9-6-16-37-24)23-14-15-25(26(17-23)36-2)38-19-21-7-4-3-5-8-21/h3-17,28,33H,18-19H2,1-2H3/b29-27+. The Bertz CT molecular complexity index is 1470. The number of hydrogen-bond donors (Lipinski definition) is 1. The van der Waals surface area contributed by atoms with Crippen molar-refractivity contribution in [2.24, 2.45) is 0 Å². The first-order valence-corrected chi connectivity index (χ1v) is 12.2. The Morgan fingerprint density at radius 1 is 0.947 bits per heavy atom. The normalized spacial score (nSPS) is 16.6. The summed E-state index contributed by atoms with van der Waals surface area (Å²) in [5.41, 5.74) is 3.06. The molecule has 0 aliphatic carbocycles. The number of benzene rings is 3. The van der Waals surface area contributed by atoms with Gasteiger partial charge in [-0.2, -0.15) is 0 Å². The van der Waals surface area contributed by atoms with Crippen molar-refractivity contribution in [3.05, 3.63) is 125 Å². The topological polar surface area (TPSA) is 89.2 Å². The molecule has 1 amide bonds. The maximum absolute atomic E-state index is 13.3. The van der Waals surface area contributed by atoms with Crippen molar-refractivity contribution >= 4 is 17.4 Å². The van der Waals surface area contributed by atoms with Crippen LogP contribution < -0.4 is 9.47 Å². The highest BCUT2D eigenvalue weighted by Gasteiger charge is 2.46. The van der Waals surface area contributed by atoms with E-state index in [0.29, 0.717) is 35.0 Å². The van der Waals surface area contributed by atoms with Gasteiger partial charge in [-0.15, -0.1) is 0 Å². The molecule has 7 heteroatoms. The van der Waals surface area contributed by atoms with E-state index in [9.17, 15) is 14.7 Å². The van der Waals surface area contributed by atoms with Crippen LogP contribution in [0.4, 0.5) is 0 Å². The average Bonchev–Trinajstić information content (AvgIpc) is 3.55. The molecular formula is C31H27NO6. The van der Waals surface area contributed by atoms with Crippen molar-refractivity contribution in [2.45, 2.75) is 26.1 Å². The van der Waals surface area contributed by atoms with Gasteiger partial charge in [-0.1, -0.05) is 66.2 Å². The fourth-order valence-electron chi connectivity index (χ4n) is 4.54. The third kappa shape index (κ3) is 4.91. The predicted octanol–water partition coefficient (Wildman–Crippen LogP) is 5.80. The van der Waals surface area contributed by atoms with Crippen LogP contribution in [0, 0.1) is 6.92 Å². The SMILES string of the molecule is COc1cc(C2/C(=C(\O)c3ccc(C)cc3)C(=O)C(=O)N2Cc2ccco2)ccc1OCc1ccccc1. The van der Waals surface area contributed by atoms with Crippen LogP contribution >= 0.6 is 0 Å². The highest BCUT2D eigenvalue weighted by molar-refractivity contribution is 6.46. The molecule has 1 atom stereocenters. The van der Waals surface area contributed by atoms with E-state index in [2.05, 4.69) is 0 Å². The monoisotopic (exact) mass is 509 g/mol. The Kier molecular flexibility index (Phi) is 7.00. The van der Waals surface area contributed by atoms with Crippen LogP contribution in [-0.2, 0) is 22.7 Å². The largest absolute Gasteiger partial charge is 0.507 e. The molecule has 38 heavy (non-hydrogen) atoms. The molecule has 0 radical (unpaired) electrons. The maximum Gasteiger partial charge on any atom is 0.296 e. The number of Topliss-reactive ketones (excluding diaryl/α,β-unsaturated/α-hetero) is 1. The number of aryl methyl sites for hydroxylation is 1. The molecule has 5 rings (SSSR count). The first kappa shape index (κ1) is 24.9. The molecule has 2 heterocycles. The van der Waals surface area contributed by atoms with Gasteiger partial charge in [0.1, 0.15) is 18.1 Å². The van der Waals surface area contributed by atoms with Gasteiger partial charge in [0.2, 0.25) is 0 Å². The minimum absolute atomic E-state index is 0.00501.